The fourth-order valence-electron chi connectivity index (χ4n) is 3.43. The summed E-state index contributed by atoms with van der Waals surface area (Å²) < 4.78 is 27.4. The Bertz CT molecular complexity index is 1500. The summed E-state index contributed by atoms with van der Waals surface area (Å²) in [4.78, 5) is 27.8. The highest BCUT2D eigenvalue weighted by atomic mass is 32.2. The van der Waals surface area contributed by atoms with Crippen LogP contribution in [-0.4, -0.2) is 56.5 Å². The van der Waals surface area contributed by atoms with Gasteiger partial charge in [0.1, 0.15) is 22.9 Å². The second kappa shape index (κ2) is 9.92. The Balaban J connectivity index is 1.70. The largest absolute Gasteiger partial charge is 0.383 e. The van der Waals surface area contributed by atoms with Crippen LogP contribution in [0, 0.1) is 0 Å². The number of anilines is 3. The van der Waals surface area contributed by atoms with E-state index in [-0.39, 0.29) is 23.5 Å². The second-order valence-electron chi connectivity index (χ2n) is 7.50. The summed E-state index contributed by atoms with van der Waals surface area (Å²) in [5.74, 6) is 0.254. The third-order valence-corrected chi connectivity index (χ3v) is 7.89. The Morgan fingerprint density at radius 1 is 1.14 bits per heavy atom. The Hall–Kier alpha value is -3.65. The highest BCUT2D eigenvalue weighted by Crippen LogP contribution is 2.38. The molecule has 0 saturated carbocycles. The smallest absolute Gasteiger partial charge is 0.254 e. The van der Waals surface area contributed by atoms with Crippen LogP contribution >= 0.6 is 11.3 Å². The molecule has 3 heterocycles. The summed E-state index contributed by atoms with van der Waals surface area (Å²) in [7, 11) is -0.624. The normalized spacial score (nSPS) is 11.5. The molecule has 0 aliphatic rings. The first-order valence-corrected chi connectivity index (χ1v) is 12.8. The first-order valence-electron chi connectivity index (χ1n) is 10.5. The molecule has 4 rings (SSSR count). The van der Waals surface area contributed by atoms with Crippen LogP contribution < -0.4 is 26.4 Å². The molecule has 0 radical (unpaired) electrons. The summed E-state index contributed by atoms with van der Waals surface area (Å²) in [6, 6.07) is 10.9. The van der Waals surface area contributed by atoms with Gasteiger partial charge >= 0.3 is 0 Å². The second-order valence-corrected chi connectivity index (χ2v) is 10.3. The number of rotatable bonds is 8. The Kier molecular flexibility index (Phi) is 6.93. The molecule has 4 aromatic rings. The predicted octanol–water partition coefficient (Wildman–Crippen LogP) is 1.70. The molecule has 0 saturated heterocycles. The van der Waals surface area contributed by atoms with Crippen LogP contribution in [0.1, 0.15) is 10.4 Å². The molecule has 0 spiro atoms. The zero-order valence-electron chi connectivity index (χ0n) is 19.0. The monoisotopic (exact) mass is 512 g/mol. The lowest BCUT2D eigenvalue weighted by molar-refractivity contribution is 0.0963. The molecule has 6 N–H and O–H groups in total. The number of hydrogen-bond acceptors (Lipinski definition) is 10. The fraction of sp³-hybridized carbons (Fsp3) is 0.182. The molecule has 1 aromatic carbocycles. The maximum absolute atomic E-state index is 12.6. The van der Waals surface area contributed by atoms with E-state index in [2.05, 4.69) is 25.0 Å². The van der Waals surface area contributed by atoms with E-state index in [1.165, 1.54) is 37.0 Å². The number of pyridine rings is 1. The predicted molar refractivity (Wildman–Crippen MR) is 137 cm³/mol. The SMILES string of the molecule is CNC(=O)c1cc(S(=O)(=O)NCCN)cnc1N(C)c1ccc(-c2ccc3ncnc(N)c3c2)s1. The number of fused-ring (bicyclic) bond motifs is 1. The van der Waals surface area contributed by atoms with Crippen molar-refractivity contribution in [2.24, 2.45) is 5.73 Å². The van der Waals surface area contributed by atoms with E-state index in [1.54, 1.807) is 11.9 Å². The number of carbonyl (C=O) groups is 1. The summed E-state index contributed by atoms with van der Waals surface area (Å²) >= 11 is 1.48. The van der Waals surface area contributed by atoms with Gasteiger partial charge in [-0.15, -0.1) is 11.3 Å². The van der Waals surface area contributed by atoms with E-state index >= 15 is 0 Å². The Labute approximate surface area is 206 Å². The van der Waals surface area contributed by atoms with Crippen LogP contribution in [0.25, 0.3) is 21.3 Å². The van der Waals surface area contributed by atoms with Gasteiger partial charge in [-0.1, -0.05) is 6.07 Å². The number of thiophene rings is 1. The van der Waals surface area contributed by atoms with E-state index in [0.717, 1.165) is 26.3 Å². The van der Waals surface area contributed by atoms with Gasteiger partial charge < -0.3 is 21.7 Å². The van der Waals surface area contributed by atoms with Gasteiger partial charge in [0, 0.05) is 43.6 Å². The molecule has 0 atom stereocenters. The average Bonchev–Trinajstić information content (AvgIpc) is 3.37. The minimum atomic E-state index is -3.86. The van der Waals surface area contributed by atoms with Gasteiger partial charge in [-0.25, -0.2) is 28.1 Å². The number of carbonyl (C=O) groups excluding carboxylic acids is 1. The van der Waals surface area contributed by atoms with Crippen molar-refractivity contribution in [2.45, 2.75) is 4.90 Å². The number of nitrogens with one attached hydrogen (secondary N) is 2. The molecule has 0 unspecified atom stereocenters. The molecule has 0 fully saturated rings. The molecule has 1 amide bonds. The molecule has 13 heteroatoms. The Morgan fingerprint density at radius 2 is 1.94 bits per heavy atom. The molecule has 182 valence electrons. The summed E-state index contributed by atoms with van der Waals surface area (Å²) in [6.45, 7) is 0.219. The lowest BCUT2D eigenvalue weighted by Gasteiger charge is -2.20. The Morgan fingerprint density at radius 3 is 2.69 bits per heavy atom. The number of aromatic nitrogens is 3. The molecule has 0 bridgehead atoms. The minimum Gasteiger partial charge on any atom is -0.383 e. The molecule has 0 aliphatic heterocycles. The topological polar surface area (TPSA) is 169 Å². The lowest BCUT2D eigenvalue weighted by atomic mass is 10.1. The average molecular weight is 513 g/mol. The van der Waals surface area contributed by atoms with E-state index in [1.807, 2.05) is 30.3 Å². The van der Waals surface area contributed by atoms with Crippen LogP contribution in [0.2, 0.25) is 0 Å². The van der Waals surface area contributed by atoms with Gasteiger partial charge in [-0.3, -0.25) is 4.79 Å². The maximum Gasteiger partial charge on any atom is 0.254 e. The zero-order chi connectivity index (χ0) is 25.2. The van der Waals surface area contributed by atoms with Gasteiger partial charge in [0.05, 0.1) is 16.1 Å². The van der Waals surface area contributed by atoms with Crippen molar-refractivity contribution in [2.75, 3.05) is 37.8 Å². The number of benzene rings is 1. The van der Waals surface area contributed by atoms with Gasteiger partial charge in [0.2, 0.25) is 10.0 Å². The van der Waals surface area contributed by atoms with E-state index in [4.69, 9.17) is 11.5 Å². The van der Waals surface area contributed by atoms with Gasteiger partial charge in [-0.05, 0) is 35.9 Å². The van der Waals surface area contributed by atoms with Crippen LogP contribution in [0.5, 0.6) is 0 Å². The summed E-state index contributed by atoms with van der Waals surface area (Å²) in [5.41, 5.74) is 13.2. The van der Waals surface area contributed by atoms with Gasteiger partial charge in [0.15, 0.2) is 0 Å². The fourth-order valence-corrected chi connectivity index (χ4v) is 5.41. The van der Waals surface area contributed by atoms with E-state index in [9.17, 15) is 13.2 Å². The number of amides is 1. The van der Waals surface area contributed by atoms with Crippen LogP contribution in [0.4, 0.5) is 16.6 Å². The van der Waals surface area contributed by atoms with Crippen LogP contribution in [0.15, 0.2) is 53.8 Å². The van der Waals surface area contributed by atoms with Gasteiger partial charge in [0.25, 0.3) is 5.91 Å². The number of sulfonamides is 1. The molecule has 11 nitrogen and oxygen atoms in total. The maximum atomic E-state index is 12.6. The van der Waals surface area contributed by atoms with Crippen LogP contribution in [0.3, 0.4) is 0 Å². The van der Waals surface area contributed by atoms with Gasteiger partial charge in [-0.2, -0.15) is 0 Å². The van der Waals surface area contributed by atoms with Crippen molar-refractivity contribution >= 4 is 54.8 Å². The van der Waals surface area contributed by atoms with Crippen molar-refractivity contribution in [3.8, 4) is 10.4 Å². The number of nitrogen functional groups attached to an aromatic ring is 1. The summed E-state index contributed by atoms with van der Waals surface area (Å²) in [6.07, 6.45) is 2.65. The molecule has 3 aromatic heterocycles. The van der Waals surface area contributed by atoms with Crippen molar-refractivity contribution in [3.05, 3.63) is 54.5 Å². The first kappa shape index (κ1) is 24.5. The summed E-state index contributed by atoms with van der Waals surface area (Å²) in [5, 5.41) is 4.10. The highest BCUT2D eigenvalue weighted by molar-refractivity contribution is 7.89. The van der Waals surface area contributed by atoms with Crippen molar-refractivity contribution in [1.29, 1.82) is 0 Å². The lowest BCUT2D eigenvalue weighted by Crippen LogP contribution is -2.30. The third kappa shape index (κ3) is 4.93. The molecular weight excluding hydrogens is 488 g/mol. The van der Waals surface area contributed by atoms with E-state index in [0.29, 0.717) is 11.6 Å². The van der Waals surface area contributed by atoms with E-state index < -0.39 is 15.9 Å². The molecular formula is C22H24N8O3S2. The van der Waals surface area contributed by atoms with Crippen LogP contribution in [-0.2, 0) is 10.0 Å². The number of nitrogens with two attached hydrogens (primary N) is 2. The molecule has 35 heavy (non-hydrogen) atoms. The number of hydrogen-bond donors (Lipinski definition) is 4. The number of nitrogens with zero attached hydrogens (tertiary/aromatic N) is 4. The molecule has 0 aliphatic carbocycles. The standard InChI is InChI=1S/C22H24N8O3S2/c1-25-22(31)16-10-14(35(32,33)29-8-7-23)11-26-21(16)30(2)19-6-5-18(34-19)13-3-4-17-15(9-13)20(24)28-12-27-17/h3-6,9-12,29H,7-8,23H2,1-2H3,(H,25,31)(H2,24,27,28). The van der Waals surface area contributed by atoms with Crippen molar-refractivity contribution < 1.29 is 13.2 Å². The van der Waals surface area contributed by atoms with Crippen molar-refractivity contribution in [1.82, 2.24) is 25.0 Å². The third-order valence-electron chi connectivity index (χ3n) is 5.25. The first-order chi connectivity index (χ1) is 16.7. The zero-order valence-corrected chi connectivity index (χ0v) is 20.7. The minimum absolute atomic E-state index is 0.0732. The van der Waals surface area contributed by atoms with Crippen molar-refractivity contribution in [3.63, 3.8) is 0 Å². The highest BCUT2D eigenvalue weighted by Gasteiger charge is 2.23. The quantitative estimate of drug-likeness (QED) is 0.274.